The molecular formula is C24H38N4O4. The minimum absolute atomic E-state index is 0.170. The highest BCUT2D eigenvalue weighted by Gasteiger charge is 2.15. The van der Waals surface area contributed by atoms with Gasteiger partial charge in [-0.15, -0.1) is 0 Å². The van der Waals surface area contributed by atoms with Crippen LogP contribution in [0.3, 0.4) is 0 Å². The van der Waals surface area contributed by atoms with Crippen LogP contribution in [0, 0.1) is 11.8 Å². The summed E-state index contributed by atoms with van der Waals surface area (Å²) < 4.78 is 10.6. The molecule has 0 aliphatic heterocycles. The van der Waals surface area contributed by atoms with Gasteiger partial charge in [0.05, 0.1) is 44.1 Å². The highest BCUT2D eigenvalue weighted by molar-refractivity contribution is 6.13. The lowest BCUT2D eigenvalue weighted by atomic mass is 9.91. The lowest BCUT2D eigenvalue weighted by Crippen LogP contribution is -2.30. The number of rotatable bonds is 13. The van der Waals surface area contributed by atoms with Gasteiger partial charge in [0.1, 0.15) is 5.84 Å². The molecule has 1 atom stereocenters. The molecule has 178 valence electrons. The summed E-state index contributed by atoms with van der Waals surface area (Å²) in [6.07, 6.45) is 2.06. The number of hydrogen-bond acceptors (Lipinski definition) is 6. The van der Waals surface area contributed by atoms with E-state index in [-0.39, 0.29) is 24.8 Å². The first-order valence-corrected chi connectivity index (χ1v) is 11.0. The highest BCUT2D eigenvalue weighted by atomic mass is 16.5. The lowest BCUT2D eigenvalue weighted by Gasteiger charge is -2.17. The summed E-state index contributed by atoms with van der Waals surface area (Å²) >= 11 is 0. The van der Waals surface area contributed by atoms with Gasteiger partial charge in [-0.2, -0.15) is 0 Å². The van der Waals surface area contributed by atoms with E-state index in [1.54, 1.807) is 31.3 Å². The molecule has 0 aliphatic carbocycles. The number of ether oxygens (including phenoxy) is 2. The van der Waals surface area contributed by atoms with Crippen LogP contribution in [0.15, 0.2) is 40.9 Å². The summed E-state index contributed by atoms with van der Waals surface area (Å²) in [5, 5.41) is 5.62. The number of carbonyl (C=O) groups is 2. The molecule has 2 amide bonds. The Morgan fingerprint density at radius 3 is 2.38 bits per heavy atom. The molecule has 0 spiro atoms. The number of hydrogen-bond donors (Lipinski definition) is 3. The zero-order valence-electron chi connectivity index (χ0n) is 19.9. The van der Waals surface area contributed by atoms with Gasteiger partial charge in [0.15, 0.2) is 0 Å². The molecule has 0 heterocycles. The van der Waals surface area contributed by atoms with Gasteiger partial charge in [-0.25, -0.2) is 0 Å². The van der Waals surface area contributed by atoms with Crippen LogP contribution in [0.5, 0.6) is 0 Å². The van der Waals surface area contributed by atoms with Crippen LogP contribution in [0.25, 0.3) is 0 Å². The first-order chi connectivity index (χ1) is 15.3. The van der Waals surface area contributed by atoms with E-state index in [0.29, 0.717) is 55.3 Å². The quantitative estimate of drug-likeness (QED) is 0.245. The zero-order chi connectivity index (χ0) is 23.9. The van der Waals surface area contributed by atoms with Gasteiger partial charge in [0.2, 0.25) is 5.91 Å². The Kier molecular flexibility index (Phi) is 13.1. The first kappa shape index (κ1) is 27.5. The molecule has 8 nitrogen and oxygen atoms in total. The second-order valence-electron chi connectivity index (χ2n) is 7.84. The number of anilines is 1. The molecule has 0 aliphatic rings. The van der Waals surface area contributed by atoms with Gasteiger partial charge in [0.25, 0.3) is 5.91 Å². The highest BCUT2D eigenvalue weighted by Crippen LogP contribution is 2.19. The van der Waals surface area contributed by atoms with Crippen LogP contribution in [-0.4, -0.2) is 57.7 Å². The summed E-state index contributed by atoms with van der Waals surface area (Å²) in [6, 6.07) is 6.87. The average Bonchev–Trinajstić information content (AvgIpc) is 2.77. The molecule has 0 aromatic heterocycles. The first-order valence-electron chi connectivity index (χ1n) is 11.0. The minimum Gasteiger partial charge on any atom is -0.379 e. The lowest BCUT2D eigenvalue weighted by molar-refractivity contribution is -0.117. The van der Waals surface area contributed by atoms with E-state index >= 15 is 0 Å². The molecule has 0 saturated carbocycles. The molecule has 0 fully saturated rings. The number of amides is 2. The Bertz CT molecular complexity index is 790. The Morgan fingerprint density at radius 2 is 1.75 bits per heavy atom. The summed E-state index contributed by atoms with van der Waals surface area (Å²) in [4.78, 5) is 29.3. The van der Waals surface area contributed by atoms with Crippen molar-refractivity contribution in [1.82, 2.24) is 5.32 Å². The topological polar surface area (TPSA) is 115 Å². The summed E-state index contributed by atoms with van der Waals surface area (Å²) in [7, 11) is 1.63. The number of para-hydroxylation sites is 1. The molecule has 1 aromatic rings. The van der Waals surface area contributed by atoms with Crippen LogP contribution < -0.4 is 16.4 Å². The van der Waals surface area contributed by atoms with E-state index in [1.807, 2.05) is 13.0 Å². The molecule has 8 heteroatoms. The molecule has 1 unspecified atom stereocenters. The third kappa shape index (κ3) is 10.2. The molecule has 32 heavy (non-hydrogen) atoms. The maximum absolute atomic E-state index is 12.9. The smallest absolute Gasteiger partial charge is 0.258 e. The van der Waals surface area contributed by atoms with Gasteiger partial charge in [-0.1, -0.05) is 38.5 Å². The Labute approximate surface area is 191 Å². The van der Waals surface area contributed by atoms with Crippen molar-refractivity contribution < 1.29 is 19.1 Å². The molecule has 4 N–H and O–H groups in total. The standard InChI is InChI=1S/C24H38N4O4/c1-17(2)19(4)18(3)16-22(26-5)28-24(30)20-8-6-7-9-21(20)27-23(29)10-12-31-14-15-32-13-11-25/h6-9,16-17,19H,10-15,25H2,1-5H3,(H,27,29)(H,26,28,30)/b18-16-. The SMILES string of the molecule is CN=C(/C=C(/C)C(C)C(C)C)NC(=O)c1ccccc1NC(=O)CCOCCOCCN. The van der Waals surface area contributed by atoms with E-state index in [2.05, 4.69) is 36.4 Å². The maximum atomic E-state index is 12.9. The van der Waals surface area contributed by atoms with Gasteiger partial charge in [0, 0.05) is 13.6 Å². The van der Waals surface area contributed by atoms with E-state index in [4.69, 9.17) is 15.2 Å². The average molecular weight is 447 g/mol. The van der Waals surface area contributed by atoms with Crippen LogP contribution in [0.2, 0.25) is 0 Å². The fourth-order valence-corrected chi connectivity index (χ4v) is 2.79. The summed E-state index contributed by atoms with van der Waals surface area (Å²) in [5.74, 6) is 0.754. The van der Waals surface area contributed by atoms with Crippen LogP contribution in [0.4, 0.5) is 5.69 Å². The number of carbonyl (C=O) groups excluding carboxylic acids is 2. The van der Waals surface area contributed by atoms with E-state index < -0.39 is 0 Å². The maximum Gasteiger partial charge on any atom is 0.258 e. The Balaban J connectivity index is 2.68. The predicted molar refractivity (Wildman–Crippen MR) is 129 cm³/mol. The van der Waals surface area contributed by atoms with Crippen molar-refractivity contribution in [3.8, 4) is 0 Å². The van der Waals surface area contributed by atoms with Crippen LogP contribution in [0.1, 0.15) is 44.5 Å². The minimum atomic E-state index is -0.337. The number of amidine groups is 1. The van der Waals surface area contributed by atoms with Crippen molar-refractivity contribution in [2.24, 2.45) is 22.6 Å². The molecule has 1 rings (SSSR count). The Morgan fingerprint density at radius 1 is 1.09 bits per heavy atom. The van der Waals surface area contributed by atoms with Crippen molar-refractivity contribution in [2.45, 2.75) is 34.1 Å². The largest absolute Gasteiger partial charge is 0.379 e. The van der Waals surface area contributed by atoms with Gasteiger partial charge >= 0.3 is 0 Å². The normalized spacial score (nSPS) is 13.2. The van der Waals surface area contributed by atoms with Crippen LogP contribution >= 0.6 is 0 Å². The van der Waals surface area contributed by atoms with E-state index in [1.165, 1.54) is 0 Å². The summed E-state index contributed by atoms with van der Waals surface area (Å²) in [6.45, 7) is 10.5. The van der Waals surface area contributed by atoms with E-state index in [0.717, 1.165) is 5.57 Å². The molecule has 1 aromatic carbocycles. The summed E-state index contributed by atoms with van der Waals surface area (Å²) in [5.41, 5.74) is 7.27. The fraction of sp³-hybridized carbons (Fsp3) is 0.542. The number of aliphatic imine (C=N–C) groups is 1. The third-order valence-electron chi connectivity index (χ3n) is 5.12. The monoisotopic (exact) mass is 446 g/mol. The number of benzene rings is 1. The van der Waals surface area contributed by atoms with Crippen molar-refractivity contribution in [2.75, 3.05) is 45.3 Å². The molecule has 0 radical (unpaired) electrons. The van der Waals surface area contributed by atoms with Crippen molar-refractivity contribution in [3.63, 3.8) is 0 Å². The van der Waals surface area contributed by atoms with Crippen molar-refractivity contribution in [3.05, 3.63) is 41.5 Å². The number of allylic oxidation sites excluding steroid dienone is 1. The van der Waals surface area contributed by atoms with Crippen molar-refractivity contribution >= 4 is 23.3 Å². The van der Waals surface area contributed by atoms with Crippen LogP contribution in [-0.2, 0) is 14.3 Å². The molecule has 0 bridgehead atoms. The second-order valence-corrected chi connectivity index (χ2v) is 7.84. The fourth-order valence-electron chi connectivity index (χ4n) is 2.79. The number of nitrogens with one attached hydrogen (secondary N) is 2. The number of nitrogens with two attached hydrogens (primary N) is 1. The van der Waals surface area contributed by atoms with Gasteiger partial charge in [-0.3, -0.25) is 14.6 Å². The molecule has 0 saturated heterocycles. The van der Waals surface area contributed by atoms with Crippen molar-refractivity contribution in [1.29, 1.82) is 0 Å². The molecular weight excluding hydrogens is 408 g/mol. The van der Waals surface area contributed by atoms with E-state index in [9.17, 15) is 9.59 Å². The third-order valence-corrected chi connectivity index (χ3v) is 5.12. The second kappa shape index (κ2) is 15.3. The predicted octanol–water partition coefficient (Wildman–Crippen LogP) is 3.00. The number of nitrogens with zero attached hydrogens (tertiary/aromatic N) is 1. The Hall–Kier alpha value is -2.55. The van der Waals surface area contributed by atoms with Gasteiger partial charge in [-0.05, 0) is 37.0 Å². The van der Waals surface area contributed by atoms with Gasteiger partial charge < -0.3 is 25.8 Å². The zero-order valence-corrected chi connectivity index (χ0v) is 19.9.